The zero-order chi connectivity index (χ0) is 10.9. The van der Waals surface area contributed by atoms with Crippen LogP contribution in [0.15, 0.2) is 6.07 Å². The van der Waals surface area contributed by atoms with Gasteiger partial charge in [0.1, 0.15) is 18.7 Å². The maximum Gasteiger partial charge on any atom is 0.216 e. The van der Waals surface area contributed by atoms with Gasteiger partial charge in [-0.2, -0.15) is 4.98 Å². The molecule has 2 rings (SSSR count). The normalized spacial score (nSPS) is 17.2. The van der Waals surface area contributed by atoms with Crippen molar-refractivity contribution in [3.05, 3.63) is 17.6 Å². The number of hydrogen-bond acceptors (Lipinski definition) is 4. The van der Waals surface area contributed by atoms with Crippen LogP contribution in [0, 0.1) is 19.3 Å². The van der Waals surface area contributed by atoms with E-state index in [1.165, 1.54) is 0 Å². The van der Waals surface area contributed by atoms with Crippen LogP contribution in [0.25, 0.3) is 0 Å². The third-order valence-electron chi connectivity index (χ3n) is 2.59. The molecule has 1 heterocycles. The van der Waals surface area contributed by atoms with Gasteiger partial charge in [-0.15, -0.1) is 0 Å². The Labute approximate surface area is 88.7 Å². The lowest BCUT2D eigenvalue weighted by Crippen LogP contribution is -2.15. The van der Waals surface area contributed by atoms with Gasteiger partial charge in [-0.1, -0.05) is 0 Å². The minimum absolute atomic E-state index is 0.229. The number of carbonyl (C=O) groups is 1. The fourth-order valence-corrected chi connectivity index (χ4v) is 1.43. The van der Waals surface area contributed by atoms with Crippen molar-refractivity contribution >= 4 is 6.29 Å². The highest BCUT2D eigenvalue weighted by atomic mass is 16.5. The maximum atomic E-state index is 10.7. The van der Waals surface area contributed by atoms with Crippen LogP contribution in [0.5, 0.6) is 5.88 Å². The summed E-state index contributed by atoms with van der Waals surface area (Å²) in [6, 6.07) is 1.79. The van der Waals surface area contributed by atoms with E-state index in [0.717, 1.165) is 24.8 Å². The van der Waals surface area contributed by atoms with Gasteiger partial charge in [-0.05, 0) is 26.7 Å². The van der Waals surface area contributed by atoms with E-state index >= 15 is 0 Å². The van der Waals surface area contributed by atoms with Crippen LogP contribution < -0.4 is 4.74 Å². The summed E-state index contributed by atoms with van der Waals surface area (Å²) < 4.78 is 5.50. The van der Waals surface area contributed by atoms with Gasteiger partial charge in [0, 0.05) is 11.8 Å². The fraction of sp³-hybridized carbons (Fsp3) is 0.545. The molecule has 0 amide bonds. The van der Waals surface area contributed by atoms with Crippen molar-refractivity contribution in [3.8, 4) is 5.88 Å². The molecule has 0 aliphatic heterocycles. The minimum atomic E-state index is -0.229. The Balaban J connectivity index is 2.01. The number of aryl methyl sites for hydroxylation is 2. The molecule has 4 nitrogen and oxygen atoms in total. The monoisotopic (exact) mass is 206 g/mol. The smallest absolute Gasteiger partial charge is 0.216 e. The molecule has 1 aliphatic carbocycles. The van der Waals surface area contributed by atoms with Crippen LogP contribution >= 0.6 is 0 Å². The first-order valence-electron chi connectivity index (χ1n) is 5.05. The van der Waals surface area contributed by atoms with Crippen LogP contribution in [-0.2, 0) is 4.79 Å². The van der Waals surface area contributed by atoms with Crippen molar-refractivity contribution in [1.82, 2.24) is 9.97 Å². The highest BCUT2D eigenvalue weighted by Crippen LogP contribution is 2.43. The van der Waals surface area contributed by atoms with Gasteiger partial charge in [0.15, 0.2) is 0 Å². The number of aldehydes is 1. The lowest BCUT2D eigenvalue weighted by molar-refractivity contribution is -0.113. The molecule has 15 heavy (non-hydrogen) atoms. The Morgan fingerprint density at radius 3 is 2.73 bits per heavy atom. The molecular weight excluding hydrogens is 192 g/mol. The molecule has 0 N–H and O–H groups in total. The van der Waals surface area contributed by atoms with Crippen LogP contribution in [0.3, 0.4) is 0 Å². The molecule has 0 bridgehead atoms. The molecule has 0 saturated heterocycles. The van der Waals surface area contributed by atoms with Gasteiger partial charge in [0.2, 0.25) is 5.88 Å². The molecule has 0 aromatic carbocycles. The summed E-state index contributed by atoms with van der Waals surface area (Å²) in [7, 11) is 0. The Morgan fingerprint density at radius 2 is 2.20 bits per heavy atom. The summed E-state index contributed by atoms with van der Waals surface area (Å²) in [5.41, 5.74) is 0.653. The molecule has 0 unspecified atom stereocenters. The van der Waals surface area contributed by atoms with Gasteiger partial charge in [0.05, 0.1) is 5.41 Å². The topological polar surface area (TPSA) is 52.1 Å². The van der Waals surface area contributed by atoms with E-state index in [0.29, 0.717) is 18.3 Å². The first-order chi connectivity index (χ1) is 7.13. The Bertz CT molecular complexity index is 366. The van der Waals surface area contributed by atoms with Crippen molar-refractivity contribution < 1.29 is 9.53 Å². The average molecular weight is 206 g/mol. The molecule has 0 spiro atoms. The number of aromatic nitrogens is 2. The Kier molecular flexibility index (Phi) is 2.42. The Hall–Kier alpha value is -1.45. The molecule has 1 fully saturated rings. The summed E-state index contributed by atoms with van der Waals surface area (Å²) in [5.74, 6) is 1.26. The quantitative estimate of drug-likeness (QED) is 0.700. The fourth-order valence-electron chi connectivity index (χ4n) is 1.43. The third kappa shape index (κ3) is 2.32. The third-order valence-corrected chi connectivity index (χ3v) is 2.59. The van der Waals surface area contributed by atoms with Crippen molar-refractivity contribution in [3.63, 3.8) is 0 Å². The highest BCUT2D eigenvalue weighted by Gasteiger charge is 2.43. The maximum absolute atomic E-state index is 10.7. The number of ether oxygens (including phenoxy) is 1. The average Bonchev–Trinajstić information content (AvgIpc) is 2.94. The summed E-state index contributed by atoms with van der Waals surface area (Å²) >= 11 is 0. The SMILES string of the molecule is Cc1cc(OCC2(C=O)CC2)nc(C)n1. The molecule has 1 aliphatic rings. The van der Waals surface area contributed by atoms with Gasteiger partial charge in [-0.3, -0.25) is 0 Å². The zero-order valence-electron chi connectivity index (χ0n) is 8.99. The largest absolute Gasteiger partial charge is 0.477 e. The molecule has 1 aromatic heterocycles. The lowest BCUT2D eigenvalue weighted by atomic mass is 10.1. The van der Waals surface area contributed by atoms with E-state index < -0.39 is 0 Å². The second-order valence-electron chi connectivity index (χ2n) is 4.16. The number of carbonyl (C=O) groups excluding carboxylic acids is 1. The first-order valence-corrected chi connectivity index (χ1v) is 5.05. The van der Waals surface area contributed by atoms with Crippen molar-refractivity contribution in [2.24, 2.45) is 5.41 Å². The molecular formula is C11H14N2O2. The van der Waals surface area contributed by atoms with Crippen molar-refractivity contribution in [1.29, 1.82) is 0 Å². The molecule has 1 aromatic rings. The molecule has 80 valence electrons. The molecule has 1 saturated carbocycles. The van der Waals surface area contributed by atoms with Crippen molar-refractivity contribution in [2.45, 2.75) is 26.7 Å². The van der Waals surface area contributed by atoms with Crippen LogP contribution in [0.2, 0.25) is 0 Å². The van der Waals surface area contributed by atoms with Crippen molar-refractivity contribution in [2.75, 3.05) is 6.61 Å². The van der Waals surface area contributed by atoms with Gasteiger partial charge in [-0.25, -0.2) is 4.98 Å². The summed E-state index contributed by atoms with van der Waals surface area (Å²) in [5, 5.41) is 0. The number of hydrogen-bond donors (Lipinski definition) is 0. The summed E-state index contributed by atoms with van der Waals surface area (Å²) in [4.78, 5) is 19.0. The summed E-state index contributed by atoms with van der Waals surface area (Å²) in [6.07, 6.45) is 2.85. The zero-order valence-corrected chi connectivity index (χ0v) is 8.99. The Morgan fingerprint density at radius 1 is 1.47 bits per heavy atom. The number of rotatable bonds is 4. The van der Waals surface area contributed by atoms with E-state index in [1.54, 1.807) is 6.07 Å². The molecule has 4 heteroatoms. The highest BCUT2D eigenvalue weighted by molar-refractivity contribution is 5.63. The van der Waals surface area contributed by atoms with Crippen LogP contribution in [-0.4, -0.2) is 22.9 Å². The van der Waals surface area contributed by atoms with Crippen LogP contribution in [0.4, 0.5) is 0 Å². The standard InChI is InChI=1S/C11H14N2O2/c1-8-5-10(13-9(2)12-8)15-7-11(6-14)3-4-11/h5-6H,3-4,7H2,1-2H3. The number of nitrogens with zero attached hydrogens (tertiary/aromatic N) is 2. The summed E-state index contributed by atoms with van der Waals surface area (Å²) in [6.45, 7) is 4.16. The van der Waals surface area contributed by atoms with E-state index in [-0.39, 0.29) is 5.41 Å². The lowest BCUT2D eigenvalue weighted by Gasteiger charge is -2.09. The van der Waals surface area contributed by atoms with E-state index in [1.807, 2.05) is 13.8 Å². The minimum Gasteiger partial charge on any atom is -0.477 e. The van der Waals surface area contributed by atoms with E-state index in [9.17, 15) is 4.79 Å². The predicted molar refractivity (Wildman–Crippen MR) is 54.7 cm³/mol. The molecule has 0 radical (unpaired) electrons. The predicted octanol–water partition coefficient (Wildman–Crippen LogP) is 1.45. The van der Waals surface area contributed by atoms with Crippen LogP contribution in [0.1, 0.15) is 24.4 Å². The second kappa shape index (κ2) is 3.61. The van der Waals surface area contributed by atoms with E-state index in [2.05, 4.69) is 9.97 Å². The van der Waals surface area contributed by atoms with Gasteiger partial charge >= 0.3 is 0 Å². The first kappa shape index (κ1) is 10.1. The van der Waals surface area contributed by atoms with Gasteiger partial charge < -0.3 is 9.53 Å². The second-order valence-corrected chi connectivity index (χ2v) is 4.16. The van der Waals surface area contributed by atoms with Gasteiger partial charge in [0.25, 0.3) is 0 Å². The van der Waals surface area contributed by atoms with E-state index in [4.69, 9.17) is 4.74 Å². The molecule has 0 atom stereocenters.